The van der Waals surface area contributed by atoms with Gasteiger partial charge in [0.25, 0.3) is 0 Å². The molecule has 0 bridgehead atoms. The maximum absolute atomic E-state index is 9.83. The molecule has 3 heteroatoms. The summed E-state index contributed by atoms with van der Waals surface area (Å²) in [6.07, 6.45) is 0. The van der Waals surface area contributed by atoms with Crippen molar-refractivity contribution in [3.63, 3.8) is 0 Å². The van der Waals surface area contributed by atoms with E-state index >= 15 is 0 Å². The van der Waals surface area contributed by atoms with Gasteiger partial charge in [-0.15, -0.1) is 0 Å². The maximum Gasteiger partial charge on any atom is 0.161 e. The first kappa shape index (κ1) is 10.9. The second-order valence-electron chi connectivity index (χ2n) is 3.36. The molecule has 0 heterocycles. The second kappa shape index (κ2) is 4.86. The molecule has 1 atom stereocenters. The van der Waals surface area contributed by atoms with E-state index in [-0.39, 0.29) is 11.7 Å². The molecule has 0 fully saturated rings. The van der Waals surface area contributed by atoms with Crippen molar-refractivity contribution in [2.75, 3.05) is 20.7 Å². The molecule has 14 heavy (non-hydrogen) atoms. The topological polar surface area (TPSA) is 41.5 Å². The van der Waals surface area contributed by atoms with Crippen molar-refractivity contribution in [3.8, 4) is 11.5 Å². The summed E-state index contributed by atoms with van der Waals surface area (Å²) in [7, 11) is 3.45. The van der Waals surface area contributed by atoms with Crippen LogP contribution in [-0.4, -0.2) is 25.8 Å². The lowest BCUT2D eigenvalue weighted by Gasteiger charge is -2.14. The molecule has 2 N–H and O–H groups in total. The van der Waals surface area contributed by atoms with Gasteiger partial charge in [-0.1, -0.05) is 19.1 Å². The van der Waals surface area contributed by atoms with Crippen molar-refractivity contribution in [3.05, 3.63) is 23.8 Å². The first-order valence-electron chi connectivity index (χ1n) is 4.71. The molecule has 0 radical (unpaired) electrons. The van der Waals surface area contributed by atoms with E-state index in [0.717, 1.165) is 12.1 Å². The van der Waals surface area contributed by atoms with Gasteiger partial charge in [0, 0.05) is 12.1 Å². The fourth-order valence-electron chi connectivity index (χ4n) is 1.52. The highest BCUT2D eigenvalue weighted by Gasteiger charge is 2.12. The van der Waals surface area contributed by atoms with Crippen molar-refractivity contribution >= 4 is 0 Å². The molecule has 0 aliphatic heterocycles. The van der Waals surface area contributed by atoms with Crippen molar-refractivity contribution in [1.82, 2.24) is 5.32 Å². The number of nitrogens with one attached hydrogen (secondary N) is 1. The summed E-state index contributed by atoms with van der Waals surface area (Å²) in [4.78, 5) is 0. The quantitative estimate of drug-likeness (QED) is 0.768. The van der Waals surface area contributed by atoms with E-state index in [0.29, 0.717) is 5.75 Å². The Balaban J connectivity index is 2.96. The molecule has 0 spiro atoms. The minimum Gasteiger partial charge on any atom is -0.504 e. The molecule has 1 aromatic rings. The fourth-order valence-corrected chi connectivity index (χ4v) is 1.52. The fraction of sp³-hybridized carbons (Fsp3) is 0.455. The van der Waals surface area contributed by atoms with Crippen LogP contribution in [0.25, 0.3) is 0 Å². The van der Waals surface area contributed by atoms with E-state index < -0.39 is 0 Å². The minimum atomic E-state index is 0.248. The summed E-state index contributed by atoms with van der Waals surface area (Å²) in [5.41, 5.74) is 0.915. The first-order valence-corrected chi connectivity index (χ1v) is 4.71. The number of benzene rings is 1. The monoisotopic (exact) mass is 195 g/mol. The van der Waals surface area contributed by atoms with E-state index in [1.165, 1.54) is 0 Å². The molecule has 1 aromatic carbocycles. The zero-order valence-electron chi connectivity index (χ0n) is 8.87. The van der Waals surface area contributed by atoms with Crippen molar-refractivity contribution < 1.29 is 9.84 Å². The lowest BCUT2D eigenvalue weighted by molar-refractivity contribution is 0.368. The van der Waals surface area contributed by atoms with Crippen LogP contribution in [-0.2, 0) is 0 Å². The van der Waals surface area contributed by atoms with Crippen LogP contribution >= 0.6 is 0 Å². The SMILES string of the molecule is CNCC(C)c1cccc(OC)c1O. The zero-order valence-corrected chi connectivity index (χ0v) is 8.87. The highest BCUT2D eigenvalue weighted by molar-refractivity contribution is 5.46. The van der Waals surface area contributed by atoms with Gasteiger partial charge in [0.1, 0.15) is 0 Å². The van der Waals surface area contributed by atoms with Gasteiger partial charge in [0.15, 0.2) is 11.5 Å². The molecule has 0 aliphatic carbocycles. The number of rotatable bonds is 4. The van der Waals surface area contributed by atoms with Crippen molar-refractivity contribution in [2.24, 2.45) is 0 Å². The Morgan fingerprint density at radius 1 is 1.50 bits per heavy atom. The van der Waals surface area contributed by atoms with Gasteiger partial charge in [-0.25, -0.2) is 0 Å². The summed E-state index contributed by atoms with van der Waals surface area (Å²) in [5.74, 6) is 1.05. The van der Waals surface area contributed by atoms with Crippen LogP contribution in [0.5, 0.6) is 11.5 Å². The number of para-hydroxylation sites is 1. The summed E-state index contributed by atoms with van der Waals surface area (Å²) in [5, 5.41) is 12.9. The summed E-state index contributed by atoms with van der Waals surface area (Å²) in [6, 6.07) is 5.56. The highest BCUT2D eigenvalue weighted by Crippen LogP contribution is 2.33. The Morgan fingerprint density at radius 3 is 2.79 bits per heavy atom. The Labute approximate surface area is 84.7 Å². The summed E-state index contributed by atoms with van der Waals surface area (Å²) >= 11 is 0. The summed E-state index contributed by atoms with van der Waals surface area (Å²) in [6.45, 7) is 2.89. The molecule has 3 nitrogen and oxygen atoms in total. The molecule has 78 valence electrons. The number of hydrogen-bond donors (Lipinski definition) is 2. The van der Waals surface area contributed by atoms with Crippen LogP contribution in [0.3, 0.4) is 0 Å². The number of ether oxygens (including phenoxy) is 1. The van der Waals surface area contributed by atoms with Crippen molar-refractivity contribution in [1.29, 1.82) is 0 Å². The van der Waals surface area contributed by atoms with Crippen LogP contribution in [0.1, 0.15) is 18.4 Å². The molecule has 1 rings (SSSR count). The van der Waals surface area contributed by atoms with E-state index in [9.17, 15) is 5.11 Å². The highest BCUT2D eigenvalue weighted by atomic mass is 16.5. The third-order valence-corrected chi connectivity index (χ3v) is 2.29. The second-order valence-corrected chi connectivity index (χ2v) is 3.36. The van der Waals surface area contributed by atoms with Crippen LogP contribution in [0.2, 0.25) is 0 Å². The average Bonchev–Trinajstić information content (AvgIpc) is 2.18. The smallest absolute Gasteiger partial charge is 0.161 e. The number of methoxy groups -OCH3 is 1. The largest absolute Gasteiger partial charge is 0.504 e. The molecule has 1 unspecified atom stereocenters. The average molecular weight is 195 g/mol. The third kappa shape index (κ3) is 2.17. The zero-order chi connectivity index (χ0) is 10.6. The number of hydrogen-bond acceptors (Lipinski definition) is 3. The normalized spacial score (nSPS) is 12.5. The molecule has 0 aliphatic rings. The van der Waals surface area contributed by atoms with Crippen LogP contribution in [0.4, 0.5) is 0 Å². The van der Waals surface area contributed by atoms with Gasteiger partial charge in [0.05, 0.1) is 7.11 Å². The van der Waals surface area contributed by atoms with Gasteiger partial charge >= 0.3 is 0 Å². The van der Waals surface area contributed by atoms with Gasteiger partial charge in [0.2, 0.25) is 0 Å². The van der Waals surface area contributed by atoms with E-state index in [4.69, 9.17) is 4.74 Å². The van der Waals surface area contributed by atoms with Crippen molar-refractivity contribution in [2.45, 2.75) is 12.8 Å². The molecular weight excluding hydrogens is 178 g/mol. The van der Waals surface area contributed by atoms with E-state index in [1.54, 1.807) is 13.2 Å². The first-order chi connectivity index (χ1) is 6.70. The van der Waals surface area contributed by atoms with Gasteiger partial charge in [-0.2, -0.15) is 0 Å². The third-order valence-electron chi connectivity index (χ3n) is 2.29. The van der Waals surface area contributed by atoms with Crippen LogP contribution < -0.4 is 10.1 Å². The van der Waals surface area contributed by atoms with Gasteiger partial charge in [-0.05, 0) is 19.0 Å². The van der Waals surface area contributed by atoms with Crippen LogP contribution in [0.15, 0.2) is 18.2 Å². The van der Waals surface area contributed by atoms with Crippen LogP contribution in [0, 0.1) is 0 Å². The Hall–Kier alpha value is -1.22. The van der Waals surface area contributed by atoms with E-state index in [1.807, 2.05) is 19.2 Å². The number of phenols is 1. The Kier molecular flexibility index (Phi) is 3.77. The number of aromatic hydroxyl groups is 1. The van der Waals surface area contributed by atoms with E-state index in [2.05, 4.69) is 12.2 Å². The minimum absolute atomic E-state index is 0.248. The predicted molar refractivity (Wildman–Crippen MR) is 57.0 cm³/mol. The Bertz CT molecular complexity index is 299. The number of phenolic OH excluding ortho intramolecular Hbond substituents is 1. The maximum atomic E-state index is 9.83. The molecule has 0 saturated carbocycles. The Morgan fingerprint density at radius 2 is 2.21 bits per heavy atom. The predicted octanol–water partition coefficient (Wildman–Crippen LogP) is 1.72. The lowest BCUT2D eigenvalue weighted by atomic mass is 10.00. The molecular formula is C11H17NO2. The lowest BCUT2D eigenvalue weighted by Crippen LogP contribution is -2.14. The molecule has 0 saturated heterocycles. The molecule has 0 amide bonds. The van der Waals surface area contributed by atoms with Gasteiger partial charge < -0.3 is 15.2 Å². The summed E-state index contributed by atoms with van der Waals surface area (Å²) < 4.78 is 5.04. The standard InChI is InChI=1S/C11H17NO2/c1-8(7-12-2)9-5-4-6-10(14-3)11(9)13/h4-6,8,12-13H,7H2,1-3H3. The molecule has 0 aromatic heterocycles. The van der Waals surface area contributed by atoms with Gasteiger partial charge in [-0.3, -0.25) is 0 Å². The number of likely N-dealkylation sites (N-methyl/N-ethyl adjacent to an activating group) is 1.